The van der Waals surface area contributed by atoms with Crippen molar-refractivity contribution in [2.24, 2.45) is 0 Å². The Kier molecular flexibility index (Phi) is 6.65. The van der Waals surface area contributed by atoms with Crippen molar-refractivity contribution in [3.05, 3.63) is 63.0 Å². The number of amides is 1. The van der Waals surface area contributed by atoms with Gasteiger partial charge in [0, 0.05) is 17.0 Å². The van der Waals surface area contributed by atoms with E-state index in [2.05, 4.69) is 11.4 Å². The van der Waals surface area contributed by atoms with Crippen molar-refractivity contribution in [2.45, 2.75) is 20.3 Å². The molecule has 0 bridgehead atoms. The van der Waals surface area contributed by atoms with E-state index in [-0.39, 0.29) is 11.1 Å². The van der Waals surface area contributed by atoms with Gasteiger partial charge in [-0.15, -0.1) is 0 Å². The summed E-state index contributed by atoms with van der Waals surface area (Å²) in [6.07, 6.45) is 2.40. The maximum absolute atomic E-state index is 11.8. The van der Waals surface area contributed by atoms with Crippen LogP contribution in [0.15, 0.2) is 41.3 Å². The first-order valence-corrected chi connectivity index (χ1v) is 10.0. The molecule has 1 fully saturated rings. The topological polar surface area (TPSA) is 71.4 Å². The fourth-order valence-corrected chi connectivity index (χ4v) is 3.67. The molecule has 1 saturated heterocycles. The number of hydrogen-bond donors (Lipinski definition) is 2. The van der Waals surface area contributed by atoms with Gasteiger partial charge in [0.2, 0.25) is 0 Å². The zero-order chi connectivity index (χ0) is 20.1. The first-order valence-electron chi connectivity index (χ1n) is 8.83. The van der Waals surface area contributed by atoms with E-state index in [0.29, 0.717) is 40.9 Å². The molecule has 7 heteroatoms. The molecule has 0 radical (unpaired) electrons. The van der Waals surface area contributed by atoms with Gasteiger partial charge < -0.3 is 14.8 Å². The van der Waals surface area contributed by atoms with Crippen LogP contribution in [0.4, 0.5) is 0 Å². The van der Waals surface area contributed by atoms with E-state index in [9.17, 15) is 4.79 Å². The molecule has 2 aromatic carbocycles. The lowest BCUT2D eigenvalue weighted by molar-refractivity contribution is -0.115. The van der Waals surface area contributed by atoms with Crippen LogP contribution >= 0.6 is 23.4 Å². The van der Waals surface area contributed by atoms with Gasteiger partial charge in [0.05, 0.1) is 18.1 Å². The molecular formula is C21H21ClN2O3S. The molecule has 28 heavy (non-hydrogen) atoms. The first kappa shape index (κ1) is 20.3. The molecule has 1 amide bonds. The largest absolute Gasteiger partial charge is 0.493 e. The Morgan fingerprint density at radius 1 is 1.11 bits per heavy atom. The molecule has 5 nitrogen and oxygen atoms in total. The number of halogens is 1. The maximum Gasteiger partial charge on any atom is 0.264 e. The predicted octanol–water partition coefficient (Wildman–Crippen LogP) is 4.94. The summed E-state index contributed by atoms with van der Waals surface area (Å²) >= 11 is 7.17. The lowest BCUT2D eigenvalue weighted by Crippen LogP contribution is -2.18. The Labute approximate surface area is 173 Å². The summed E-state index contributed by atoms with van der Waals surface area (Å²) in [4.78, 5) is 12.3. The standard InChI is InChI=1S/C21H21ClN2O3S/c1-13-8-14(2)10-17(9-13)26-6-3-7-27-18-5-4-16(22)11-15(18)12-19-20(25)24-21(23)28-19/h4-5,8-12H,3,6-7H2,1-2H3,(H2,23,24,25). The molecule has 0 atom stereocenters. The van der Waals surface area contributed by atoms with E-state index in [1.165, 1.54) is 11.1 Å². The summed E-state index contributed by atoms with van der Waals surface area (Å²) in [5.41, 5.74) is 3.05. The Bertz CT molecular complexity index is 923. The molecule has 0 aliphatic carbocycles. The molecule has 1 heterocycles. The summed E-state index contributed by atoms with van der Waals surface area (Å²) in [7, 11) is 0. The first-order chi connectivity index (χ1) is 13.4. The average Bonchev–Trinajstić information content (AvgIpc) is 2.92. The van der Waals surface area contributed by atoms with Crippen molar-refractivity contribution in [3.8, 4) is 11.5 Å². The molecule has 1 aliphatic rings. The second-order valence-electron chi connectivity index (χ2n) is 6.45. The predicted molar refractivity (Wildman–Crippen MR) is 114 cm³/mol. The molecule has 0 saturated carbocycles. The number of hydrogen-bond acceptors (Lipinski definition) is 5. The lowest BCUT2D eigenvalue weighted by atomic mass is 10.1. The minimum atomic E-state index is -0.289. The fraction of sp³-hybridized carbons (Fsp3) is 0.238. The minimum absolute atomic E-state index is 0.115. The van der Waals surface area contributed by atoms with Crippen molar-refractivity contribution in [3.63, 3.8) is 0 Å². The molecule has 146 valence electrons. The Morgan fingerprint density at radius 3 is 2.50 bits per heavy atom. The highest BCUT2D eigenvalue weighted by Gasteiger charge is 2.22. The van der Waals surface area contributed by atoms with Crippen LogP contribution < -0.4 is 14.8 Å². The van der Waals surface area contributed by atoms with Gasteiger partial charge >= 0.3 is 0 Å². The number of carbonyl (C=O) groups excluding carboxylic acids is 1. The van der Waals surface area contributed by atoms with Crippen molar-refractivity contribution in [1.82, 2.24) is 5.32 Å². The van der Waals surface area contributed by atoms with Crippen LogP contribution in [0.25, 0.3) is 6.08 Å². The van der Waals surface area contributed by atoms with Crippen molar-refractivity contribution >= 4 is 40.5 Å². The lowest BCUT2D eigenvalue weighted by Gasteiger charge is -2.11. The van der Waals surface area contributed by atoms with Crippen molar-refractivity contribution in [2.75, 3.05) is 13.2 Å². The van der Waals surface area contributed by atoms with Gasteiger partial charge in [-0.1, -0.05) is 17.7 Å². The Balaban J connectivity index is 1.58. The van der Waals surface area contributed by atoms with Gasteiger partial charge in [-0.2, -0.15) is 0 Å². The van der Waals surface area contributed by atoms with Crippen molar-refractivity contribution in [1.29, 1.82) is 5.41 Å². The molecule has 2 N–H and O–H groups in total. The molecule has 0 aromatic heterocycles. The second-order valence-corrected chi connectivity index (χ2v) is 7.94. The van der Waals surface area contributed by atoms with E-state index in [4.69, 9.17) is 26.5 Å². The van der Waals surface area contributed by atoms with Gasteiger partial charge in [0.25, 0.3) is 5.91 Å². The molecular weight excluding hydrogens is 396 g/mol. The quantitative estimate of drug-likeness (QED) is 0.495. The number of benzene rings is 2. The zero-order valence-corrected chi connectivity index (χ0v) is 17.2. The highest BCUT2D eigenvalue weighted by molar-refractivity contribution is 8.18. The number of thioether (sulfide) groups is 1. The van der Waals surface area contributed by atoms with E-state index in [1.807, 2.05) is 26.0 Å². The van der Waals surface area contributed by atoms with Gasteiger partial charge in [-0.3, -0.25) is 10.2 Å². The van der Waals surface area contributed by atoms with Crippen LogP contribution in [-0.4, -0.2) is 24.3 Å². The molecule has 0 spiro atoms. The van der Waals surface area contributed by atoms with E-state index in [0.717, 1.165) is 17.5 Å². The molecule has 3 rings (SSSR count). The van der Waals surface area contributed by atoms with E-state index < -0.39 is 0 Å². The molecule has 2 aromatic rings. The number of amidine groups is 1. The second kappa shape index (κ2) is 9.17. The van der Waals surface area contributed by atoms with Crippen LogP contribution in [0, 0.1) is 19.3 Å². The smallest absolute Gasteiger partial charge is 0.264 e. The van der Waals surface area contributed by atoms with Crippen LogP contribution in [0.3, 0.4) is 0 Å². The highest BCUT2D eigenvalue weighted by atomic mass is 35.5. The summed E-state index contributed by atoms with van der Waals surface area (Å²) in [5, 5.41) is 10.7. The normalized spacial score (nSPS) is 15.0. The van der Waals surface area contributed by atoms with Gasteiger partial charge in [-0.05, 0) is 73.1 Å². The number of aryl methyl sites for hydroxylation is 2. The van der Waals surface area contributed by atoms with Crippen LogP contribution in [0.1, 0.15) is 23.1 Å². The average molecular weight is 417 g/mol. The fourth-order valence-electron chi connectivity index (χ4n) is 2.79. The minimum Gasteiger partial charge on any atom is -0.493 e. The zero-order valence-electron chi connectivity index (χ0n) is 15.7. The Hall–Kier alpha value is -2.44. The number of ether oxygens (including phenoxy) is 2. The van der Waals surface area contributed by atoms with Crippen LogP contribution in [0.2, 0.25) is 5.02 Å². The van der Waals surface area contributed by atoms with Gasteiger partial charge in [-0.25, -0.2) is 0 Å². The van der Waals surface area contributed by atoms with Crippen LogP contribution in [-0.2, 0) is 4.79 Å². The third kappa shape index (κ3) is 5.53. The number of carbonyl (C=O) groups is 1. The van der Waals surface area contributed by atoms with Crippen molar-refractivity contribution < 1.29 is 14.3 Å². The van der Waals surface area contributed by atoms with Gasteiger partial charge in [0.1, 0.15) is 11.5 Å². The SMILES string of the molecule is Cc1cc(C)cc(OCCCOc2ccc(Cl)cc2C=C2SC(=N)NC2=O)c1. The van der Waals surface area contributed by atoms with Gasteiger partial charge in [0.15, 0.2) is 5.17 Å². The highest BCUT2D eigenvalue weighted by Crippen LogP contribution is 2.30. The number of nitrogens with one attached hydrogen (secondary N) is 2. The van der Waals surface area contributed by atoms with E-state index >= 15 is 0 Å². The Morgan fingerprint density at radius 2 is 1.82 bits per heavy atom. The third-order valence-corrected chi connectivity index (χ3v) is 5.00. The van der Waals surface area contributed by atoms with Crippen LogP contribution in [0.5, 0.6) is 11.5 Å². The summed E-state index contributed by atoms with van der Waals surface area (Å²) in [6, 6.07) is 11.4. The van der Waals surface area contributed by atoms with E-state index in [1.54, 1.807) is 24.3 Å². The summed E-state index contributed by atoms with van der Waals surface area (Å²) in [6.45, 7) is 5.11. The third-order valence-electron chi connectivity index (χ3n) is 3.93. The molecule has 1 aliphatic heterocycles. The summed E-state index contributed by atoms with van der Waals surface area (Å²) < 4.78 is 11.7. The maximum atomic E-state index is 11.8. The number of rotatable bonds is 7. The molecule has 0 unspecified atom stereocenters. The summed E-state index contributed by atoms with van der Waals surface area (Å²) in [5.74, 6) is 1.21. The monoisotopic (exact) mass is 416 g/mol.